The summed E-state index contributed by atoms with van der Waals surface area (Å²) in [5, 5.41) is 5.09. The molecule has 0 fully saturated rings. The normalized spacial score (nSPS) is 14.3. The molecule has 1 atom stereocenters. The lowest BCUT2D eigenvalue weighted by Gasteiger charge is -2.39. The average Bonchev–Trinajstić information content (AvgIpc) is 1.49. The van der Waals surface area contributed by atoms with Crippen molar-refractivity contribution in [3.8, 4) is 101 Å². The monoisotopic (exact) mass is 1270 g/mol. The first-order chi connectivity index (χ1) is 49.6. The molecule has 4 aliphatic rings. The van der Waals surface area contributed by atoms with Gasteiger partial charge in [0, 0.05) is 54.9 Å². The van der Waals surface area contributed by atoms with E-state index in [4.69, 9.17) is 19.9 Å². The van der Waals surface area contributed by atoms with Crippen molar-refractivity contribution in [2.24, 2.45) is 0 Å². The minimum Gasteiger partial charge on any atom is -0.309 e. The van der Waals surface area contributed by atoms with Gasteiger partial charge in [0.1, 0.15) is 0 Å². The van der Waals surface area contributed by atoms with Gasteiger partial charge in [-0.1, -0.05) is 309 Å². The molecular weight excluding hydrogens is 1210 g/mol. The van der Waals surface area contributed by atoms with Gasteiger partial charge in [-0.05, 0) is 109 Å². The molecular formula is C94H58N6. The molecule has 22 rings (SSSR count). The van der Waals surface area contributed by atoms with Crippen LogP contribution in [0.2, 0.25) is 0 Å². The van der Waals surface area contributed by atoms with Crippen molar-refractivity contribution < 1.29 is 0 Å². The fourth-order valence-electron chi connectivity index (χ4n) is 17.6. The number of nitrogens with zero attached hydrogens (tertiary/aromatic N) is 6. The number of rotatable bonds is 6. The summed E-state index contributed by atoms with van der Waals surface area (Å²) in [6, 6.07) is 127. The van der Waals surface area contributed by atoms with Crippen LogP contribution in [0.3, 0.4) is 0 Å². The predicted octanol–water partition coefficient (Wildman–Crippen LogP) is 22.5. The zero-order valence-corrected chi connectivity index (χ0v) is 54.2. The van der Waals surface area contributed by atoms with Crippen molar-refractivity contribution in [1.29, 1.82) is 0 Å². The molecule has 14 aromatic carbocycles. The van der Waals surface area contributed by atoms with E-state index < -0.39 is 10.8 Å². The molecule has 0 radical (unpaired) electrons. The van der Waals surface area contributed by atoms with E-state index in [1.165, 1.54) is 122 Å². The smallest absolute Gasteiger partial charge is 0.160 e. The van der Waals surface area contributed by atoms with Crippen LogP contribution in [0.5, 0.6) is 0 Å². The van der Waals surface area contributed by atoms with Crippen molar-refractivity contribution in [1.82, 2.24) is 29.1 Å². The summed E-state index contributed by atoms with van der Waals surface area (Å²) >= 11 is 0. The highest BCUT2D eigenvalue weighted by Crippen LogP contribution is 2.63. The molecule has 6 heteroatoms. The van der Waals surface area contributed by atoms with E-state index >= 15 is 0 Å². The number of hydrogen-bond donors (Lipinski definition) is 0. The van der Waals surface area contributed by atoms with Crippen molar-refractivity contribution in [2.75, 3.05) is 0 Å². The van der Waals surface area contributed by atoms with E-state index in [1.807, 2.05) is 48.5 Å². The molecule has 464 valence electrons. The highest BCUT2D eigenvalue weighted by molar-refractivity contribution is 6.14. The second-order valence-corrected chi connectivity index (χ2v) is 26.6. The third kappa shape index (κ3) is 7.89. The first-order valence-corrected chi connectivity index (χ1v) is 34.4. The molecule has 1 unspecified atom stereocenters. The third-order valence-corrected chi connectivity index (χ3v) is 21.6. The van der Waals surface area contributed by atoms with Gasteiger partial charge in [0.15, 0.2) is 11.6 Å². The van der Waals surface area contributed by atoms with Gasteiger partial charge in [-0.15, -0.1) is 0 Å². The Morgan fingerprint density at radius 1 is 0.200 bits per heavy atom. The number of fused-ring (bicyclic) bond motifs is 24. The summed E-state index contributed by atoms with van der Waals surface area (Å²) in [7, 11) is 0. The Morgan fingerprint density at radius 3 is 1.04 bits per heavy atom. The Kier molecular flexibility index (Phi) is 12.1. The van der Waals surface area contributed by atoms with Crippen LogP contribution in [0.1, 0.15) is 44.5 Å². The molecule has 2 spiro atoms. The van der Waals surface area contributed by atoms with Crippen LogP contribution in [-0.4, -0.2) is 29.1 Å². The Labute approximate surface area is 577 Å². The van der Waals surface area contributed by atoms with Crippen molar-refractivity contribution in [3.63, 3.8) is 0 Å². The summed E-state index contributed by atoms with van der Waals surface area (Å²) in [5.74, 6) is 1.44. The largest absolute Gasteiger partial charge is 0.309 e. The topological polar surface area (TPSA) is 61.4 Å². The molecule has 4 aromatic heterocycles. The molecule has 0 amide bonds. The quantitative estimate of drug-likeness (QED) is 0.166. The van der Waals surface area contributed by atoms with Crippen LogP contribution in [0.4, 0.5) is 0 Å². The Hall–Kier alpha value is -13.2. The number of hydrogen-bond acceptors (Lipinski definition) is 4. The van der Waals surface area contributed by atoms with Crippen molar-refractivity contribution in [2.45, 2.75) is 10.8 Å². The predicted molar refractivity (Wildman–Crippen MR) is 407 cm³/mol. The molecule has 2 aliphatic carbocycles. The summed E-state index contributed by atoms with van der Waals surface area (Å²) in [6.45, 7) is 0. The Morgan fingerprint density at radius 2 is 0.540 bits per heavy atom. The number of aromatic nitrogens is 6. The van der Waals surface area contributed by atoms with Crippen LogP contribution in [0.25, 0.3) is 145 Å². The van der Waals surface area contributed by atoms with Crippen LogP contribution < -0.4 is 0 Å². The molecule has 18 aromatic rings. The SMILES string of the molecule is c1ccc(-c2cc(-c3ccc4c(c3)-n3c5ccccc5c5cccc(c53)C43c4ccccc4-c4ccccc43)nc(-c3ccccc3)n2)cc1.c1ccc(-c2cc(-c3ccc4c(c3)C3(c5ccccc5-4)c4ccccc4-n4c5ccccc5c5cccc3c54)nc(-c3ccccc3)n2)cc1. The number of benzene rings is 14. The van der Waals surface area contributed by atoms with Gasteiger partial charge < -0.3 is 9.13 Å². The maximum atomic E-state index is 5.24. The van der Waals surface area contributed by atoms with E-state index in [1.54, 1.807) is 0 Å². The fraction of sp³-hybridized carbons (Fsp3) is 0.0213. The van der Waals surface area contributed by atoms with Gasteiger partial charge >= 0.3 is 0 Å². The lowest BCUT2D eigenvalue weighted by molar-refractivity contribution is 0.748. The van der Waals surface area contributed by atoms with Gasteiger partial charge in [-0.25, -0.2) is 19.9 Å². The zero-order valence-electron chi connectivity index (χ0n) is 54.2. The molecule has 0 bridgehead atoms. The second kappa shape index (κ2) is 21.7. The minimum atomic E-state index is -0.514. The minimum absolute atomic E-state index is 0.471. The van der Waals surface area contributed by atoms with E-state index in [2.05, 4.69) is 312 Å². The highest BCUT2D eigenvalue weighted by Gasteiger charge is 2.53. The standard InChI is InChI=1S/2C47H29N3/c1-3-14-30(15-4-1)41-29-42(49-46(48-41)31-16-5-2-6-17-31)32-26-27-39-44(28-32)50-43-25-12-9-20-35(43)36-21-13-24-40(45(36)50)47(39)37-22-10-7-18-33(37)34-19-8-11-23-38(34)47;1-3-14-30(15-4-1)41-29-42(49-46(48-41)31-16-5-2-6-17-31)32-26-27-34-33-18-7-9-21-37(33)47(40(34)28-32)38-22-10-12-25-44(38)50-43-24-11-8-19-35(43)36-20-13-23-39(47)45(36)50/h2*1-29H. The van der Waals surface area contributed by atoms with Crippen LogP contribution >= 0.6 is 0 Å². The van der Waals surface area contributed by atoms with Crippen LogP contribution in [-0.2, 0) is 10.8 Å². The van der Waals surface area contributed by atoms with Crippen molar-refractivity contribution >= 4 is 43.6 Å². The van der Waals surface area contributed by atoms with Crippen molar-refractivity contribution in [3.05, 3.63) is 396 Å². The number of para-hydroxylation sites is 5. The average molecular weight is 1270 g/mol. The Bertz CT molecular complexity index is 6250. The van der Waals surface area contributed by atoms with Gasteiger partial charge in [0.25, 0.3) is 0 Å². The molecule has 2 aliphatic heterocycles. The maximum Gasteiger partial charge on any atom is 0.160 e. The first-order valence-electron chi connectivity index (χ1n) is 34.4. The van der Waals surface area contributed by atoms with E-state index in [0.717, 1.165) is 62.0 Å². The molecule has 0 saturated carbocycles. The van der Waals surface area contributed by atoms with E-state index in [9.17, 15) is 0 Å². The summed E-state index contributed by atoms with van der Waals surface area (Å²) in [6.07, 6.45) is 0. The highest BCUT2D eigenvalue weighted by atomic mass is 15.0. The zero-order chi connectivity index (χ0) is 65.6. The van der Waals surface area contributed by atoms with Gasteiger partial charge in [0.2, 0.25) is 0 Å². The lowest BCUT2D eigenvalue weighted by Crippen LogP contribution is -2.33. The molecule has 0 saturated heterocycles. The summed E-state index contributed by atoms with van der Waals surface area (Å²) in [4.78, 5) is 20.6. The molecule has 100 heavy (non-hydrogen) atoms. The van der Waals surface area contributed by atoms with Crippen LogP contribution in [0, 0.1) is 0 Å². The lowest BCUT2D eigenvalue weighted by atomic mass is 9.65. The molecule has 6 heterocycles. The molecule has 0 N–H and O–H groups in total. The van der Waals surface area contributed by atoms with Crippen LogP contribution in [0.15, 0.2) is 352 Å². The maximum absolute atomic E-state index is 5.24. The van der Waals surface area contributed by atoms with E-state index in [0.29, 0.717) is 5.82 Å². The summed E-state index contributed by atoms with van der Waals surface area (Å²) in [5.41, 5.74) is 31.9. The molecule has 6 nitrogen and oxygen atoms in total. The van der Waals surface area contributed by atoms with Gasteiger partial charge in [-0.3, -0.25) is 0 Å². The fourth-order valence-corrected chi connectivity index (χ4v) is 17.6. The first kappa shape index (κ1) is 56.1. The third-order valence-electron chi connectivity index (χ3n) is 21.6. The van der Waals surface area contributed by atoms with E-state index in [-0.39, 0.29) is 0 Å². The van der Waals surface area contributed by atoms with Gasteiger partial charge in [-0.2, -0.15) is 0 Å². The second-order valence-electron chi connectivity index (χ2n) is 26.6. The Balaban J connectivity index is 0.000000131. The summed E-state index contributed by atoms with van der Waals surface area (Å²) < 4.78 is 5.00. The van der Waals surface area contributed by atoms with Gasteiger partial charge in [0.05, 0.1) is 67.0 Å².